The fourth-order valence-electron chi connectivity index (χ4n) is 1.77. The van der Waals surface area contributed by atoms with Crippen LogP contribution in [0.5, 0.6) is 0 Å². The number of nitrogens with zero attached hydrogens (tertiary/aromatic N) is 1. The highest BCUT2D eigenvalue weighted by atomic mass is 32.2. The van der Waals surface area contributed by atoms with E-state index < -0.39 is 6.04 Å². The van der Waals surface area contributed by atoms with E-state index in [1.54, 1.807) is 7.05 Å². The number of amides is 1. The van der Waals surface area contributed by atoms with Crippen LogP contribution in [0.15, 0.2) is 30.3 Å². The molecule has 0 spiro atoms. The number of thioether (sulfide) groups is 1. The Morgan fingerprint density at radius 1 is 1.30 bits per heavy atom. The van der Waals surface area contributed by atoms with Gasteiger partial charge in [0.2, 0.25) is 0 Å². The number of hydrogen-bond donors (Lipinski definition) is 0. The molecule has 5 heteroatoms. The van der Waals surface area contributed by atoms with Crippen molar-refractivity contribution in [2.24, 2.45) is 0 Å². The summed E-state index contributed by atoms with van der Waals surface area (Å²) in [7, 11) is 2.99. The van der Waals surface area contributed by atoms with E-state index in [-0.39, 0.29) is 11.2 Å². The maximum atomic E-state index is 12.0. The number of benzene rings is 1. The Kier molecular flexibility index (Phi) is 7.15. The fourth-order valence-corrected chi connectivity index (χ4v) is 2.48. The summed E-state index contributed by atoms with van der Waals surface area (Å²) in [6, 6.07) is 9.04. The Bertz CT molecular complexity index is 436. The second-order valence-corrected chi connectivity index (χ2v) is 5.50. The Morgan fingerprint density at radius 3 is 2.50 bits per heavy atom. The number of rotatable bonds is 6. The first kappa shape index (κ1) is 16.6. The maximum absolute atomic E-state index is 12.0. The molecule has 1 rings (SSSR count). The van der Waals surface area contributed by atoms with Gasteiger partial charge in [0.1, 0.15) is 6.04 Å². The minimum absolute atomic E-state index is 0.0989. The number of likely N-dealkylation sites (N-methyl/N-ethyl adjacent to an activating group) is 1. The molecule has 1 atom stereocenters. The number of methoxy groups -OCH3 is 1. The van der Waals surface area contributed by atoms with Gasteiger partial charge in [-0.1, -0.05) is 49.0 Å². The van der Waals surface area contributed by atoms with Gasteiger partial charge in [-0.15, -0.1) is 0 Å². The molecule has 1 amide bonds. The van der Waals surface area contributed by atoms with Crippen molar-refractivity contribution in [3.63, 3.8) is 0 Å². The summed E-state index contributed by atoms with van der Waals surface area (Å²) in [6.07, 6.45) is 1.38. The minimum atomic E-state index is -0.584. The van der Waals surface area contributed by atoms with E-state index in [0.29, 0.717) is 6.42 Å². The molecule has 0 aliphatic heterocycles. The van der Waals surface area contributed by atoms with Crippen molar-refractivity contribution in [1.29, 1.82) is 0 Å². The van der Waals surface area contributed by atoms with Crippen LogP contribution in [-0.4, -0.2) is 42.1 Å². The molecule has 1 aromatic carbocycles. The zero-order chi connectivity index (χ0) is 15.0. The highest BCUT2D eigenvalue weighted by Gasteiger charge is 2.27. The van der Waals surface area contributed by atoms with Gasteiger partial charge in [0.15, 0.2) is 0 Å². The molecule has 0 aromatic heterocycles. The van der Waals surface area contributed by atoms with Crippen molar-refractivity contribution in [3.05, 3.63) is 35.9 Å². The van der Waals surface area contributed by atoms with E-state index >= 15 is 0 Å². The van der Waals surface area contributed by atoms with Crippen LogP contribution >= 0.6 is 11.8 Å². The van der Waals surface area contributed by atoms with Gasteiger partial charge in [-0.25, -0.2) is 4.79 Å². The second-order valence-electron chi connectivity index (χ2n) is 4.45. The molecule has 0 saturated heterocycles. The molecular weight excluding hydrogens is 274 g/mol. The van der Waals surface area contributed by atoms with Crippen LogP contribution in [0.2, 0.25) is 0 Å². The summed E-state index contributed by atoms with van der Waals surface area (Å²) in [6.45, 7) is 2.02. The lowest BCUT2D eigenvalue weighted by atomic mass is 10.1. The Balaban J connectivity index is 2.78. The topological polar surface area (TPSA) is 46.6 Å². The molecule has 0 radical (unpaired) electrons. The number of hydrogen-bond acceptors (Lipinski definition) is 4. The van der Waals surface area contributed by atoms with Gasteiger partial charge in [0.05, 0.1) is 7.11 Å². The highest BCUT2D eigenvalue weighted by Crippen LogP contribution is 2.15. The van der Waals surface area contributed by atoms with Crippen LogP contribution in [0, 0.1) is 0 Å². The summed E-state index contributed by atoms with van der Waals surface area (Å²) in [5.41, 5.74) is 1.00. The van der Waals surface area contributed by atoms with Crippen LogP contribution in [0.3, 0.4) is 0 Å². The molecule has 0 fully saturated rings. The molecule has 20 heavy (non-hydrogen) atoms. The number of ether oxygens (including phenoxy) is 1. The first-order valence-corrected chi connectivity index (χ1v) is 7.60. The second kappa shape index (κ2) is 8.64. The fraction of sp³-hybridized carbons (Fsp3) is 0.467. The van der Waals surface area contributed by atoms with Gasteiger partial charge in [-0.05, 0) is 12.0 Å². The zero-order valence-electron chi connectivity index (χ0n) is 12.2. The molecule has 0 aliphatic rings. The van der Waals surface area contributed by atoms with Crippen LogP contribution in [0.4, 0.5) is 4.79 Å². The monoisotopic (exact) mass is 295 g/mol. The van der Waals surface area contributed by atoms with E-state index in [4.69, 9.17) is 4.74 Å². The molecule has 0 unspecified atom stereocenters. The summed E-state index contributed by atoms with van der Waals surface area (Å²) >= 11 is 1.23. The quantitative estimate of drug-likeness (QED) is 0.757. The third-order valence-corrected chi connectivity index (χ3v) is 4.08. The van der Waals surface area contributed by atoms with Gasteiger partial charge in [-0.3, -0.25) is 4.79 Å². The van der Waals surface area contributed by atoms with Gasteiger partial charge in [0, 0.05) is 19.2 Å². The molecule has 110 valence electrons. The lowest BCUT2D eigenvalue weighted by Gasteiger charge is -2.25. The normalized spacial score (nSPS) is 11.8. The maximum Gasteiger partial charge on any atom is 0.328 e. The molecule has 0 aliphatic carbocycles. The van der Waals surface area contributed by atoms with Gasteiger partial charge in [-0.2, -0.15) is 0 Å². The molecule has 0 N–H and O–H groups in total. The smallest absolute Gasteiger partial charge is 0.328 e. The standard InChI is InChI=1S/C15H21NO3S/c1-4-10-20-15(18)16(2)13(14(17)19-3)11-12-8-6-5-7-9-12/h5-9,13H,4,10-11H2,1-3H3/t13-/m0/s1. The van der Waals surface area contributed by atoms with E-state index in [2.05, 4.69) is 0 Å². The summed E-state index contributed by atoms with van der Waals surface area (Å²) in [4.78, 5) is 25.4. The third-order valence-electron chi connectivity index (χ3n) is 2.93. The Hall–Kier alpha value is -1.49. The highest BCUT2D eigenvalue weighted by molar-refractivity contribution is 8.13. The van der Waals surface area contributed by atoms with Crippen molar-refractivity contribution >= 4 is 23.0 Å². The van der Waals surface area contributed by atoms with Crippen molar-refractivity contribution in [3.8, 4) is 0 Å². The van der Waals surface area contributed by atoms with E-state index in [9.17, 15) is 9.59 Å². The van der Waals surface area contributed by atoms with E-state index in [1.807, 2.05) is 37.3 Å². The lowest BCUT2D eigenvalue weighted by molar-refractivity contribution is -0.145. The molecule has 0 heterocycles. The van der Waals surface area contributed by atoms with Crippen LogP contribution in [0.1, 0.15) is 18.9 Å². The number of carbonyl (C=O) groups is 2. The summed E-state index contributed by atoms with van der Waals surface area (Å²) < 4.78 is 4.82. The van der Waals surface area contributed by atoms with Crippen LogP contribution in [0.25, 0.3) is 0 Å². The molecule has 4 nitrogen and oxygen atoms in total. The third kappa shape index (κ3) is 4.89. The summed E-state index contributed by atoms with van der Waals surface area (Å²) in [5.74, 6) is 0.365. The molecule has 1 aromatic rings. The predicted molar refractivity (Wildman–Crippen MR) is 81.9 cm³/mol. The lowest BCUT2D eigenvalue weighted by Crippen LogP contribution is -2.43. The predicted octanol–water partition coefficient (Wildman–Crippen LogP) is 2.97. The Morgan fingerprint density at radius 2 is 1.95 bits per heavy atom. The SMILES string of the molecule is CCCSC(=O)N(C)[C@@H](Cc1ccccc1)C(=O)OC. The minimum Gasteiger partial charge on any atom is -0.467 e. The van der Waals surface area contributed by atoms with Gasteiger partial charge in [0.25, 0.3) is 5.24 Å². The van der Waals surface area contributed by atoms with Crippen LogP contribution < -0.4 is 0 Å². The summed E-state index contributed by atoms with van der Waals surface area (Å²) in [5, 5.41) is -0.0989. The largest absolute Gasteiger partial charge is 0.467 e. The Labute approximate surface area is 124 Å². The zero-order valence-corrected chi connectivity index (χ0v) is 13.0. The van der Waals surface area contributed by atoms with Crippen molar-refractivity contribution in [1.82, 2.24) is 4.90 Å². The van der Waals surface area contributed by atoms with Crippen molar-refractivity contribution < 1.29 is 14.3 Å². The molecule has 0 bridgehead atoms. The van der Waals surface area contributed by atoms with Crippen molar-refractivity contribution in [2.75, 3.05) is 19.9 Å². The first-order valence-electron chi connectivity index (χ1n) is 6.61. The van der Waals surface area contributed by atoms with Crippen molar-refractivity contribution in [2.45, 2.75) is 25.8 Å². The van der Waals surface area contributed by atoms with Gasteiger partial charge >= 0.3 is 5.97 Å². The van der Waals surface area contributed by atoms with Crippen LogP contribution in [-0.2, 0) is 16.0 Å². The average Bonchev–Trinajstić information content (AvgIpc) is 2.49. The number of carbonyl (C=O) groups excluding carboxylic acids is 2. The van der Waals surface area contributed by atoms with E-state index in [1.165, 1.54) is 23.8 Å². The first-order chi connectivity index (χ1) is 9.60. The average molecular weight is 295 g/mol. The molecular formula is C15H21NO3S. The molecule has 0 saturated carbocycles. The van der Waals surface area contributed by atoms with E-state index in [0.717, 1.165) is 17.7 Å². The number of esters is 1. The van der Waals surface area contributed by atoms with Gasteiger partial charge < -0.3 is 9.64 Å².